The summed E-state index contributed by atoms with van der Waals surface area (Å²) >= 11 is 0. The van der Waals surface area contributed by atoms with Crippen LogP contribution in [0, 0.1) is 11.8 Å². The van der Waals surface area contributed by atoms with E-state index in [9.17, 15) is 24.3 Å². The van der Waals surface area contributed by atoms with Crippen molar-refractivity contribution < 1.29 is 38.5 Å². The number of carbonyl (C=O) groups excluding carboxylic acids is 4. The van der Waals surface area contributed by atoms with Crippen molar-refractivity contribution in [1.82, 2.24) is 10.2 Å². The number of aliphatic hydroxyl groups is 1. The molecule has 2 bridgehead atoms. The number of likely N-dealkylation sites (N-methyl/N-ethyl adjacent to an activating group) is 1. The number of rotatable bonds is 5. The Morgan fingerprint density at radius 2 is 1.79 bits per heavy atom. The molecule has 43 heavy (non-hydrogen) atoms. The summed E-state index contributed by atoms with van der Waals surface area (Å²) in [6.45, 7) is 7.07. The zero-order valence-electron chi connectivity index (χ0n) is 26.1. The fraction of sp³-hybridized carbons (Fsp3) is 0.562. The number of nitrogens with zero attached hydrogens (tertiary/aromatic N) is 1. The molecule has 1 aliphatic heterocycles. The molecule has 2 amide bonds. The van der Waals surface area contributed by atoms with Gasteiger partial charge >= 0.3 is 6.09 Å². The van der Waals surface area contributed by atoms with Crippen molar-refractivity contribution in [1.29, 1.82) is 0 Å². The van der Waals surface area contributed by atoms with E-state index in [4.69, 9.17) is 19.9 Å². The molecule has 1 saturated carbocycles. The number of hydrogen-bond acceptors (Lipinski definition) is 9. The summed E-state index contributed by atoms with van der Waals surface area (Å²) in [6.07, 6.45) is 5.97. The van der Waals surface area contributed by atoms with E-state index in [1.54, 1.807) is 32.1 Å². The lowest BCUT2D eigenvalue weighted by Crippen LogP contribution is -2.38. The van der Waals surface area contributed by atoms with E-state index >= 15 is 0 Å². The number of aliphatic hydroxyl groups excluding tert-OH is 1. The number of ether oxygens (including phenoxy) is 3. The molecule has 0 unspecified atom stereocenters. The third-order valence-electron chi connectivity index (χ3n) is 8.21. The van der Waals surface area contributed by atoms with Crippen LogP contribution in [-0.4, -0.2) is 85.3 Å². The first-order valence-electron chi connectivity index (χ1n) is 14.6. The molecule has 0 spiro atoms. The van der Waals surface area contributed by atoms with E-state index in [-0.39, 0.29) is 35.4 Å². The number of fused-ring (bicyclic) bond motifs is 2. The van der Waals surface area contributed by atoms with Gasteiger partial charge in [-0.15, -0.1) is 0 Å². The number of ketones is 2. The maximum Gasteiger partial charge on any atom is 0.405 e. The molecule has 4 N–H and O–H groups in total. The average Bonchev–Trinajstić information content (AvgIpc) is 3.80. The zero-order chi connectivity index (χ0) is 32.0. The smallest absolute Gasteiger partial charge is 0.405 e. The van der Waals surface area contributed by atoms with E-state index in [2.05, 4.69) is 5.32 Å². The van der Waals surface area contributed by atoms with E-state index in [1.807, 2.05) is 25.8 Å². The van der Waals surface area contributed by atoms with Crippen molar-refractivity contribution in [3.05, 3.63) is 58.5 Å². The summed E-state index contributed by atoms with van der Waals surface area (Å²) in [5, 5.41) is 13.9. The van der Waals surface area contributed by atoms with Crippen molar-refractivity contribution in [2.24, 2.45) is 17.6 Å². The summed E-state index contributed by atoms with van der Waals surface area (Å²) in [4.78, 5) is 53.8. The Morgan fingerprint density at radius 3 is 2.37 bits per heavy atom. The number of carbonyl (C=O) groups is 4. The van der Waals surface area contributed by atoms with Crippen LogP contribution in [0.2, 0.25) is 0 Å². The molecule has 0 aromatic rings. The molecule has 0 saturated heterocycles. The van der Waals surface area contributed by atoms with Crippen molar-refractivity contribution in [3.63, 3.8) is 0 Å². The predicted molar refractivity (Wildman–Crippen MR) is 160 cm³/mol. The number of Topliss-reactive ketones (excluding diaryl/α,β-unsaturated/α-hetero) is 1. The van der Waals surface area contributed by atoms with Gasteiger partial charge in [0.25, 0.3) is 5.91 Å². The third kappa shape index (κ3) is 8.52. The van der Waals surface area contributed by atoms with Gasteiger partial charge in [-0.1, -0.05) is 38.2 Å². The zero-order valence-corrected chi connectivity index (χ0v) is 26.1. The van der Waals surface area contributed by atoms with Gasteiger partial charge in [0, 0.05) is 50.4 Å². The fourth-order valence-corrected chi connectivity index (χ4v) is 5.60. The van der Waals surface area contributed by atoms with Crippen LogP contribution >= 0.6 is 0 Å². The Balaban J connectivity index is 2.08. The quantitative estimate of drug-likeness (QED) is 0.319. The second kappa shape index (κ2) is 14.8. The fourth-order valence-electron chi connectivity index (χ4n) is 5.60. The van der Waals surface area contributed by atoms with Gasteiger partial charge in [-0.2, -0.15) is 0 Å². The largest absolute Gasteiger partial charge is 0.439 e. The number of amides is 2. The highest BCUT2D eigenvalue weighted by atomic mass is 16.6. The van der Waals surface area contributed by atoms with Crippen molar-refractivity contribution >= 4 is 23.6 Å². The number of allylic oxidation sites excluding steroid dienone is 4. The third-order valence-corrected chi connectivity index (χ3v) is 8.21. The summed E-state index contributed by atoms with van der Waals surface area (Å²) < 4.78 is 16.6. The molecule has 2 aliphatic carbocycles. The molecule has 0 aromatic heterocycles. The molecule has 0 radical (unpaired) electrons. The Kier molecular flexibility index (Phi) is 11.7. The van der Waals surface area contributed by atoms with Gasteiger partial charge in [-0.25, -0.2) is 4.79 Å². The van der Waals surface area contributed by atoms with Crippen LogP contribution in [0.3, 0.4) is 0 Å². The molecule has 236 valence electrons. The van der Waals surface area contributed by atoms with Crippen molar-refractivity contribution in [3.8, 4) is 0 Å². The minimum atomic E-state index is -0.992. The normalized spacial score (nSPS) is 33.0. The lowest BCUT2D eigenvalue weighted by Gasteiger charge is -2.31. The van der Waals surface area contributed by atoms with Crippen LogP contribution in [0.25, 0.3) is 0 Å². The molecule has 0 aromatic carbocycles. The highest BCUT2D eigenvalue weighted by Crippen LogP contribution is 2.35. The van der Waals surface area contributed by atoms with E-state index in [0.29, 0.717) is 23.3 Å². The van der Waals surface area contributed by atoms with Crippen molar-refractivity contribution in [2.75, 3.05) is 21.3 Å². The summed E-state index contributed by atoms with van der Waals surface area (Å²) in [6, 6.07) is 0.191. The van der Waals surface area contributed by atoms with Gasteiger partial charge in [-0.05, 0) is 51.0 Å². The minimum absolute atomic E-state index is 0.0822. The monoisotopic (exact) mass is 599 g/mol. The number of nitrogens with one attached hydrogen (secondary N) is 1. The number of methoxy groups -OCH3 is 2. The van der Waals surface area contributed by atoms with Gasteiger partial charge in [-0.3, -0.25) is 14.4 Å². The maximum absolute atomic E-state index is 13.8. The molecule has 1 fully saturated rings. The molecule has 11 nitrogen and oxygen atoms in total. The molecular formula is C32H45N3O8. The molecule has 11 heteroatoms. The Bertz CT molecular complexity index is 1260. The molecule has 3 rings (SSSR count). The Labute approximate surface area is 253 Å². The number of nitrogens with two attached hydrogens (primary N) is 1. The van der Waals surface area contributed by atoms with Crippen LogP contribution in [0.4, 0.5) is 4.79 Å². The van der Waals surface area contributed by atoms with Crippen LogP contribution in [0.15, 0.2) is 58.5 Å². The first-order chi connectivity index (χ1) is 20.3. The molecule has 6 atom stereocenters. The van der Waals surface area contributed by atoms with E-state index < -0.39 is 48.1 Å². The predicted octanol–water partition coefficient (Wildman–Crippen LogP) is 2.86. The van der Waals surface area contributed by atoms with E-state index in [1.165, 1.54) is 26.4 Å². The minimum Gasteiger partial charge on any atom is -0.439 e. The summed E-state index contributed by atoms with van der Waals surface area (Å²) in [5.74, 6) is -1.88. The van der Waals surface area contributed by atoms with Gasteiger partial charge < -0.3 is 35.3 Å². The van der Waals surface area contributed by atoms with Gasteiger partial charge in [0.15, 0.2) is 6.10 Å². The molecule has 1 heterocycles. The van der Waals surface area contributed by atoms with Crippen molar-refractivity contribution in [2.45, 2.75) is 83.8 Å². The Morgan fingerprint density at radius 1 is 1.12 bits per heavy atom. The highest BCUT2D eigenvalue weighted by Gasteiger charge is 2.38. The summed E-state index contributed by atoms with van der Waals surface area (Å²) in [7, 11) is 4.77. The van der Waals surface area contributed by atoms with Gasteiger partial charge in [0.05, 0.1) is 23.6 Å². The highest BCUT2D eigenvalue weighted by molar-refractivity contribution is 6.23. The topological polar surface area (TPSA) is 157 Å². The molecular weight excluding hydrogens is 554 g/mol. The lowest BCUT2D eigenvalue weighted by atomic mass is 9.85. The standard InChI is InChI=1S/C32H45N3O8/c1-17-13-22-27(35(5)21-11-12-21)24(36)16-23(29(22)38)34-31(39)18(2)9-8-10-25(41-6)30(43-32(33)40)20(4)15-19(3)28(37)26(14-17)42-7/h8-10,15-17,19,21,25-26,28,30,37H,11-14H2,1-7H3,(H2,33,40)(H,34,39)/b10-8-,18-9+,20-15+/t17-,19+,25+,26+,28-,30+/m1/s1. The average molecular weight is 600 g/mol. The SMILES string of the molecule is CO[C@H]1/C=C\C=C(/C)C(=O)NC2=CC(=O)C(N(C)C3CC3)=C(C[C@@H](C)C[C@H](OC)[C@H](O)[C@@H](C)/C=C(\C)[C@@H]1OC(N)=O)C2=O. The van der Waals surface area contributed by atoms with Crippen LogP contribution in [-0.2, 0) is 28.6 Å². The molecule has 3 aliphatic rings. The van der Waals surface area contributed by atoms with Crippen LogP contribution < -0.4 is 11.1 Å². The lowest BCUT2D eigenvalue weighted by molar-refractivity contribution is -0.120. The summed E-state index contributed by atoms with van der Waals surface area (Å²) in [5.41, 5.74) is 6.83. The van der Waals surface area contributed by atoms with Crippen LogP contribution in [0.5, 0.6) is 0 Å². The van der Waals surface area contributed by atoms with Gasteiger partial charge in [0.1, 0.15) is 6.10 Å². The first kappa shape index (κ1) is 34.0. The number of hydrogen-bond donors (Lipinski definition) is 3. The second-order valence-electron chi connectivity index (χ2n) is 11.7. The second-order valence-corrected chi connectivity index (χ2v) is 11.7. The van der Waals surface area contributed by atoms with Crippen LogP contribution in [0.1, 0.15) is 53.4 Å². The Hall–Kier alpha value is -3.54. The number of primary amides is 1. The van der Waals surface area contributed by atoms with Gasteiger partial charge in [0.2, 0.25) is 11.6 Å². The van der Waals surface area contributed by atoms with E-state index in [0.717, 1.165) is 12.8 Å². The first-order valence-corrected chi connectivity index (χ1v) is 14.6. The maximum atomic E-state index is 13.8.